The second-order valence-electron chi connectivity index (χ2n) is 11.4. The van der Waals surface area contributed by atoms with E-state index < -0.39 is 0 Å². The molecule has 0 aliphatic carbocycles. The Balaban J connectivity index is 1.33. The monoisotopic (exact) mass is 566 g/mol. The van der Waals surface area contributed by atoms with Crippen LogP contribution in [0.1, 0.15) is 29.7 Å². The molecule has 7 aromatic rings. The van der Waals surface area contributed by atoms with Crippen molar-refractivity contribution >= 4 is 33.5 Å². The van der Waals surface area contributed by atoms with E-state index in [1.54, 1.807) is 0 Å². The van der Waals surface area contributed by atoms with Crippen LogP contribution in [-0.4, -0.2) is 11.5 Å². The fourth-order valence-corrected chi connectivity index (χ4v) is 6.41. The van der Waals surface area contributed by atoms with Crippen LogP contribution >= 0.6 is 0 Å². The Kier molecular flexibility index (Phi) is 6.49. The van der Waals surface area contributed by atoms with Crippen LogP contribution in [0.5, 0.6) is 0 Å². The van der Waals surface area contributed by atoms with Gasteiger partial charge in [0.1, 0.15) is 11.2 Å². The molecule has 2 atom stereocenters. The van der Waals surface area contributed by atoms with Gasteiger partial charge in [-0.1, -0.05) is 140 Å². The van der Waals surface area contributed by atoms with Crippen molar-refractivity contribution in [3.63, 3.8) is 0 Å². The minimum Gasteiger partial charge on any atom is -0.456 e. The van der Waals surface area contributed by atoms with E-state index >= 15 is 0 Å². The van der Waals surface area contributed by atoms with Crippen molar-refractivity contribution in [1.29, 1.82) is 0 Å². The first-order valence-electron chi connectivity index (χ1n) is 15.1. The fourth-order valence-electron chi connectivity index (χ4n) is 6.41. The van der Waals surface area contributed by atoms with E-state index in [9.17, 15) is 0 Å². The van der Waals surface area contributed by atoms with E-state index in [1.807, 2.05) is 24.3 Å². The highest BCUT2D eigenvalue weighted by Crippen LogP contribution is 2.40. The predicted molar refractivity (Wildman–Crippen MR) is 182 cm³/mol. The number of aliphatic imine (C=N–C) groups is 2. The van der Waals surface area contributed by atoms with Crippen LogP contribution in [0.4, 0.5) is 0 Å². The van der Waals surface area contributed by atoms with Gasteiger partial charge in [-0.2, -0.15) is 0 Å². The van der Waals surface area contributed by atoms with Crippen LogP contribution < -0.4 is 0 Å². The van der Waals surface area contributed by atoms with Crippen molar-refractivity contribution in [3.05, 3.63) is 168 Å². The molecule has 6 aromatic carbocycles. The lowest BCUT2D eigenvalue weighted by molar-refractivity contribution is 0.592. The van der Waals surface area contributed by atoms with Gasteiger partial charge in [-0.05, 0) is 51.6 Å². The maximum absolute atomic E-state index is 6.48. The van der Waals surface area contributed by atoms with Gasteiger partial charge in [0.25, 0.3) is 0 Å². The standard InChI is InChI=1S/C41H30N2O/c1-27-39(31-15-7-3-8-16-31)42-41(43-40(27)32-17-9-4-10-18-32)33-25-35(38-34-19-11-12-20-36(34)44-37(38)26-33)30-23-21-29(22-24-30)28-13-5-2-6-14-28/h2-27,39H,1H3/t27-,39?/m1/s1. The summed E-state index contributed by atoms with van der Waals surface area (Å²) in [5.41, 5.74) is 10.6. The topological polar surface area (TPSA) is 37.9 Å². The average Bonchev–Trinajstić information content (AvgIpc) is 3.48. The Labute approximate surface area is 256 Å². The second-order valence-corrected chi connectivity index (χ2v) is 11.4. The van der Waals surface area contributed by atoms with Gasteiger partial charge in [0, 0.05) is 22.3 Å². The number of para-hydroxylation sites is 1. The summed E-state index contributed by atoms with van der Waals surface area (Å²) in [6, 6.07) is 52.9. The molecule has 0 saturated heterocycles. The maximum Gasteiger partial charge on any atom is 0.155 e. The molecule has 0 amide bonds. The molecule has 1 aliphatic rings. The van der Waals surface area contributed by atoms with Gasteiger partial charge in [-0.25, -0.2) is 4.99 Å². The molecule has 0 bridgehead atoms. The number of benzene rings is 6. The Morgan fingerprint density at radius 2 is 1.11 bits per heavy atom. The number of hydrogen-bond donors (Lipinski definition) is 0. The smallest absolute Gasteiger partial charge is 0.155 e. The number of rotatable bonds is 5. The van der Waals surface area contributed by atoms with Crippen molar-refractivity contribution in [2.24, 2.45) is 15.9 Å². The largest absolute Gasteiger partial charge is 0.456 e. The fraction of sp³-hybridized carbons (Fsp3) is 0.0732. The molecular weight excluding hydrogens is 536 g/mol. The number of nitrogens with zero attached hydrogens (tertiary/aromatic N) is 2. The van der Waals surface area contributed by atoms with Gasteiger partial charge in [0.2, 0.25) is 0 Å². The first-order chi connectivity index (χ1) is 21.7. The zero-order chi connectivity index (χ0) is 29.5. The van der Waals surface area contributed by atoms with Crippen molar-refractivity contribution in [3.8, 4) is 22.3 Å². The zero-order valence-electron chi connectivity index (χ0n) is 24.4. The molecule has 1 aliphatic heterocycles. The highest BCUT2D eigenvalue weighted by Gasteiger charge is 2.30. The maximum atomic E-state index is 6.48. The lowest BCUT2D eigenvalue weighted by atomic mass is 9.86. The van der Waals surface area contributed by atoms with E-state index in [4.69, 9.17) is 14.4 Å². The molecular formula is C41H30N2O. The quantitative estimate of drug-likeness (QED) is 0.204. The van der Waals surface area contributed by atoms with Crippen molar-refractivity contribution < 1.29 is 4.42 Å². The van der Waals surface area contributed by atoms with E-state index in [0.717, 1.165) is 55.7 Å². The SMILES string of the molecule is C[C@H]1C(c2ccccc2)=NC(c2cc(-c3ccc(-c4ccccc4)cc3)c3c(c2)oc2ccccc23)=NC1c1ccccc1. The molecule has 8 rings (SSSR count). The number of hydrogen-bond acceptors (Lipinski definition) is 3. The first kappa shape index (κ1) is 26.1. The third-order valence-electron chi connectivity index (χ3n) is 8.64. The molecule has 0 radical (unpaired) electrons. The van der Waals surface area contributed by atoms with Gasteiger partial charge < -0.3 is 4.42 Å². The summed E-state index contributed by atoms with van der Waals surface area (Å²) >= 11 is 0. The van der Waals surface area contributed by atoms with Crippen LogP contribution in [0.25, 0.3) is 44.2 Å². The summed E-state index contributed by atoms with van der Waals surface area (Å²) in [6.45, 7) is 2.23. The van der Waals surface area contributed by atoms with Crippen LogP contribution in [0.3, 0.4) is 0 Å². The molecule has 3 heteroatoms. The molecule has 1 aromatic heterocycles. The Morgan fingerprint density at radius 3 is 1.84 bits per heavy atom. The number of amidine groups is 1. The number of furan rings is 1. The van der Waals surface area contributed by atoms with E-state index in [0.29, 0.717) is 0 Å². The van der Waals surface area contributed by atoms with Gasteiger partial charge in [0.15, 0.2) is 5.84 Å². The van der Waals surface area contributed by atoms with Crippen LogP contribution in [0.2, 0.25) is 0 Å². The van der Waals surface area contributed by atoms with Crippen molar-refractivity contribution in [2.45, 2.75) is 13.0 Å². The first-order valence-corrected chi connectivity index (χ1v) is 15.1. The summed E-state index contributed by atoms with van der Waals surface area (Å²) in [5.74, 6) is 0.837. The van der Waals surface area contributed by atoms with E-state index in [1.165, 1.54) is 16.7 Å². The molecule has 1 unspecified atom stereocenters. The molecule has 0 spiro atoms. The molecule has 0 saturated carbocycles. The summed E-state index contributed by atoms with van der Waals surface area (Å²) in [5, 5.41) is 2.21. The average molecular weight is 567 g/mol. The van der Waals surface area contributed by atoms with Crippen molar-refractivity contribution in [2.75, 3.05) is 0 Å². The summed E-state index contributed by atoms with van der Waals surface area (Å²) in [7, 11) is 0. The predicted octanol–water partition coefficient (Wildman–Crippen LogP) is 10.5. The zero-order valence-corrected chi connectivity index (χ0v) is 24.4. The van der Waals surface area contributed by atoms with E-state index in [-0.39, 0.29) is 12.0 Å². The van der Waals surface area contributed by atoms with Crippen molar-refractivity contribution in [1.82, 2.24) is 0 Å². The molecule has 0 N–H and O–H groups in total. The van der Waals surface area contributed by atoms with Crippen LogP contribution in [0, 0.1) is 5.92 Å². The minimum atomic E-state index is -0.0566. The Hall–Kier alpha value is -5.54. The van der Waals surface area contributed by atoms with Crippen LogP contribution in [0.15, 0.2) is 166 Å². The molecule has 3 nitrogen and oxygen atoms in total. The molecule has 210 valence electrons. The van der Waals surface area contributed by atoms with Crippen LogP contribution in [-0.2, 0) is 0 Å². The van der Waals surface area contributed by atoms with E-state index in [2.05, 4.69) is 134 Å². The lowest BCUT2D eigenvalue weighted by Crippen LogP contribution is -2.26. The minimum absolute atomic E-state index is 0.0566. The Morgan fingerprint density at radius 1 is 0.523 bits per heavy atom. The third-order valence-corrected chi connectivity index (χ3v) is 8.64. The van der Waals surface area contributed by atoms with Gasteiger partial charge in [-0.15, -0.1) is 0 Å². The molecule has 0 fully saturated rings. The summed E-state index contributed by atoms with van der Waals surface area (Å²) in [6.07, 6.45) is 0. The normalized spacial score (nSPS) is 16.6. The van der Waals surface area contributed by atoms with Gasteiger partial charge in [-0.3, -0.25) is 4.99 Å². The number of fused-ring (bicyclic) bond motifs is 3. The summed E-state index contributed by atoms with van der Waals surface area (Å²) < 4.78 is 6.48. The Bertz CT molecular complexity index is 2160. The third kappa shape index (κ3) is 4.63. The van der Waals surface area contributed by atoms with Gasteiger partial charge in [0.05, 0.1) is 11.8 Å². The molecule has 2 heterocycles. The highest BCUT2D eigenvalue weighted by molar-refractivity contribution is 6.19. The molecule has 44 heavy (non-hydrogen) atoms. The summed E-state index contributed by atoms with van der Waals surface area (Å²) in [4.78, 5) is 10.6. The lowest BCUT2D eigenvalue weighted by Gasteiger charge is -2.28. The van der Waals surface area contributed by atoms with Gasteiger partial charge >= 0.3 is 0 Å². The highest BCUT2D eigenvalue weighted by atomic mass is 16.3. The second kappa shape index (κ2) is 10.9.